The first-order valence-corrected chi connectivity index (χ1v) is 5.62. The van der Waals surface area contributed by atoms with Gasteiger partial charge in [0, 0.05) is 25.9 Å². The Kier molecular flexibility index (Phi) is 5.76. The zero-order valence-electron chi connectivity index (χ0n) is 11.0. The quantitative estimate of drug-likeness (QED) is 0.472. The smallest absolute Gasteiger partial charge is 0.395 e. The van der Waals surface area contributed by atoms with Crippen LogP contribution in [0, 0.1) is 0 Å². The summed E-state index contributed by atoms with van der Waals surface area (Å²) in [4.78, 5) is 3.63. The minimum absolute atomic E-state index is 0.367. The fourth-order valence-electron chi connectivity index (χ4n) is 1.21. The van der Waals surface area contributed by atoms with E-state index in [1.54, 1.807) is 61.7 Å². The molecular formula is C13H14F3N3O. The summed E-state index contributed by atoms with van der Waals surface area (Å²) in [5, 5.41) is 5.59. The van der Waals surface area contributed by atoms with E-state index in [0.29, 0.717) is 17.7 Å². The van der Waals surface area contributed by atoms with Crippen molar-refractivity contribution in [2.75, 3.05) is 14.1 Å². The average Bonchev–Trinajstić information content (AvgIpc) is 2.34. The van der Waals surface area contributed by atoms with Crippen LogP contribution in [0.15, 0.2) is 40.4 Å². The van der Waals surface area contributed by atoms with Crippen molar-refractivity contribution in [3.63, 3.8) is 0 Å². The number of hydrogen-bond acceptors (Lipinski definition) is 4. The van der Waals surface area contributed by atoms with Crippen LogP contribution in [-0.2, 0) is 4.74 Å². The van der Waals surface area contributed by atoms with Crippen molar-refractivity contribution in [3.8, 4) is 0 Å². The van der Waals surface area contributed by atoms with Gasteiger partial charge in [-0.15, -0.1) is 13.2 Å². The van der Waals surface area contributed by atoms with Crippen LogP contribution < -0.4 is 0 Å². The lowest BCUT2D eigenvalue weighted by Crippen LogP contribution is -2.11. The van der Waals surface area contributed by atoms with E-state index in [2.05, 4.69) is 14.8 Å². The minimum atomic E-state index is -4.73. The molecule has 0 amide bonds. The number of allylic oxidation sites excluding steroid dienone is 1. The summed E-state index contributed by atoms with van der Waals surface area (Å²) in [7, 11) is 3.55. The summed E-state index contributed by atoms with van der Waals surface area (Å²) < 4.78 is 39.0. The van der Waals surface area contributed by atoms with Gasteiger partial charge < -0.3 is 9.75 Å². The topological polar surface area (TPSA) is 37.2 Å². The SMILES string of the molecule is CN(C)N=CC=Cc1ccccc1N=COC(F)(F)F. The normalized spacial score (nSPS) is 12.7. The van der Waals surface area contributed by atoms with Crippen LogP contribution in [0.3, 0.4) is 0 Å². The van der Waals surface area contributed by atoms with E-state index in [1.807, 2.05) is 0 Å². The van der Waals surface area contributed by atoms with Gasteiger partial charge in [-0.2, -0.15) is 5.10 Å². The lowest BCUT2D eigenvalue weighted by molar-refractivity contribution is -0.280. The molecule has 0 fully saturated rings. The van der Waals surface area contributed by atoms with E-state index < -0.39 is 6.36 Å². The van der Waals surface area contributed by atoms with E-state index in [1.165, 1.54) is 0 Å². The molecule has 0 aliphatic rings. The number of halogens is 3. The summed E-state index contributed by atoms with van der Waals surface area (Å²) in [6.45, 7) is 0. The van der Waals surface area contributed by atoms with E-state index >= 15 is 0 Å². The summed E-state index contributed by atoms with van der Waals surface area (Å²) in [5.74, 6) is 0. The van der Waals surface area contributed by atoms with Crippen LogP contribution in [-0.4, -0.2) is 38.1 Å². The van der Waals surface area contributed by atoms with Crippen LogP contribution in [0.2, 0.25) is 0 Å². The fraction of sp³-hybridized carbons (Fsp3) is 0.231. The minimum Gasteiger partial charge on any atom is -0.395 e. The highest BCUT2D eigenvalue weighted by atomic mass is 19.4. The number of benzene rings is 1. The van der Waals surface area contributed by atoms with Crippen molar-refractivity contribution in [1.29, 1.82) is 0 Å². The Labute approximate surface area is 114 Å². The van der Waals surface area contributed by atoms with Crippen molar-refractivity contribution < 1.29 is 17.9 Å². The maximum Gasteiger partial charge on any atom is 0.573 e. The molecule has 0 aliphatic heterocycles. The molecule has 0 atom stereocenters. The van der Waals surface area contributed by atoms with Crippen molar-refractivity contribution in [2.24, 2.45) is 10.1 Å². The predicted octanol–water partition coefficient (Wildman–Crippen LogP) is 3.44. The Balaban J connectivity index is 2.78. The van der Waals surface area contributed by atoms with Crippen LogP contribution in [0.4, 0.5) is 18.9 Å². The second kappa shape index (κ2) is 7.32. The molecule has 0 aliphatic carbocycles. The number of alkyl halides is 3. The van der Waals surface area contributed by atoms with Gasteiger partial charge in [-0.1, -0.05) is 24.3 Å². The first-order chi connectivity index (χ1) is 9.38. The Hall–Kier alpha value is -2.31. The van der Waals surface area contributed by atoms with Gasteiger partial charge in [-0.25, -0.2) is 4.99 Å². The number of para-hydroxylation sites is 1. The Morgan fingerprint density at radius 3 is 2.55 bits per heavy atom. The largest absolute Gasteiger partial charge is 0.573 e. The molecule has 4 nitrogen and oxygen atoms in total. The molecule has 0 heterocycles. The monoisotopic (exact) mass is 285 g/mol. The predicted molar refractivity (Wildman–Crippen MR) is 72.9 cm³/mol. The summed E-state index contributed by atoms with van der Waals surface area (Å²) >= 11 is 0. The van der Waals surface area contributed by atoms with Crippen molar-refractivity contribution in [1.82, 2.24) is 5.01 Å². The molecule has 0 saturated heterocycles. The zero-order chi connectivity index (χ0) is 15.0. The first-order valence-electron chi connectivity index (χ1n) is 5.62. The number of hydrogen-bond donors (Lipinski definition) is 0. The van der Waals surface area contributed by atoms with Gasteiger partial charge in [0.25, 0.3) is 0 Å². The average molecular weight is 285 g/mol. The molecule has 7 heteroatoms. The van der Waals surface area contributed by atoms with Gasteiger partial charge in [0.1, 0.15) is 0 Å². The molecule has 1 aromatic rings. The molecular weight excluding hydrogens is 271 g/mol. The van der Waals surface area contributed by atoms with Crippen LogP contribution in [0.25, 0.3) is 6.08 Å². The molecule has 108 valence electrons. The second-order valence-electron chi connectivity index (χ2n) is 3.83. The van der Waals surface area contributed by atoms with Crippen LogP contribution in [0.1, 0.15) is 5.56 Å². The zero-order valence-corrected chi connectivity index (χ0v) is 11.0. The molecule has 0 spiro atoms. The molecule has 0 N–H and O–H groups in total. The van der Waals surface area contributed by atoms with E-state index in [9.17, 15) is 13.2 Å². The van der Waals surface area contributed by atoms with Crippen LogP contribution in [0.5, 0.6) is 0 Å². The molecule has 0 saturated carbocycles. The number of aliphatic imine (C=N–C) groups is 1. The van der Waals surface area contributed by atoms with Gasteiger partial charge in [0.15, 0.2) is 6.40 Å². The number of rotatable bonds is 5. The fourth-order valence-corrected chi connectivity index (χ4v) is 1.21. The molecule has 20 heavy (non-hydrogen) atoms. The lowest BCUT2D eigenvalue weighted by Gasteiger charge is -2.03. The molecule has 0 radical (unpaired) electrons. The number of hydrazone groups is 1. The van der Waals surface area contributed by atoms with E-state index in [4.69, 9.17) is 0 Å². The van der Waals surface area contributed by atoms with Crippen molar-refractivity contribution >= 4 is 24.4 Å². The highest BCUT2D eigenvalue weighted by Crippen LogP contribution is 2.21. The Morgan fingerprint density at radius 1 is 1.20 bits per heavy atom. The van der Waals surface area contributed by atoms with Crippen LogP contribution >= 0.6 is 0 Å². The maximum absolute atomic E-state index is 11.8. The highest BCUT2D eigenvalue weighted by molar-refractivity contribution is 5.80. The standard InChI is InChI=1S/C13H14F3N3O/c1-19(2)18-9-5-7-11-6-3-4-8-12(11)17-10-20-13(14,15)16/h3-10H,1-2H3. The third-order valence-corrected chi connectivity index (χ3v) is 1.97. The van der Waals surface area contributed by atoms with Gasteiger partial charge in [-0.3, -0.25) is 0 Å². The number of nitrogens with zero attached hydrogens (tertiary/aromatic N) is 3. The van der Waals surface area contributed by atoms with Gasteiger partial charge in [0.05, 0.1) is 5.69 Å². The summed E-state index contributed by atoms with van der Waals surface area (Å²) in [6.07, 6.45) is 0.562. The molecule has 1 rings (SSSR count). The summed E-state index contributed by atoms with van der Waals surface area (Å²) in [5.41, 5.74) is 1.02. The highest BCUT2D eigenvalue weighted by Gasteiger charge is 2.29. The first kappa shape index (κ1) is 15.7. The van der Waals surface area contributed by atoms with Crippen molar-refractivity contribution in [3.05, 3.63) is 35.9 Å². The number of ether oxygens (including phenoxy) is 1. The Bertz CT molecular complexity index is 508. The molecule has 0 unspecified atom stereocenters. The lowest BCUT2D eigenvalue weighted by atomic mass is 10.1. The van der Waals surface area contributed by atoms with Crippen molar-refractivity contribution in [2.45, 2.75) is 6.36 Å². The third-order valence-electron chi connectivity index (χ3n) is 1.97. The Morgan fingerprint density at radius 2 is 1.90 bits per heavy atom. The van der Waals surface area contributed by atoms with Gasteiger partial charge in [0.2, 0.25) is 0 Å². The third kappa shape index (κ3) is 6.58. The molecule has 0 bridgehead atoms. The summed E-state index contributed by atoms with van der Waals surface area (Å²) in [6, 6.07) is 6.73. The molecule has 0 aromatic heterocycles. The second-order valence-corrected chi connectivity index (χ2v) is 3.83. The van der Waals surface area contributed by atoms with Gasteiger partial charge in [-0.05, 0) is 12.1 Å². The molecule has 1 aromatic carbocycles. The van der Waals surface area contributed by atoms with E-state index in [-0.39, 0.29) is 0 Å². The van der Waals surface area contributed by atoms with E-state index in [0.717, 1.165) is 0 Å². The maximum atomic E-state index is 11.8. The van der Waals surface area contributed by atoms with Gasteiger partial charge >= 0.3 is 6.36 Å².